The van der Waals surface area contributed by atoms with E-state index in [0.717, 1.165) is 36.4 Å². The number of hydrogen-bond donors (Lipinski definition) is 1. The monoisotopic (exact) mass is 538 g/mol. The lowest BCUT2D eigenvalue weighted by atomic mass is 10.1. The molecule has 3 heterocycles. The van der Waals surface area contributed by atoms with E-state index < -0.39 is 11.6 Å². The molecule has 1 aliphatic carbocycles. The van der Waals surface area contributed by atoms with E-state index in [1.54, 1.807) is 24.3 Å². The van der Waals surface area contributed by atoms with Crippen LogP contribution in [0.4, 0.5) is 14.9 Å². The van der Waals surface area contributed by atoms with Gasteiger partial charge in [0, 0.05) is 43.4 Å². The number of ether oxygens (including phenoxy) is 1. The van der Waals surface area contributed by atoms with Crippen LogP contribution >= 0.6 is 11.6 Å². The maximum Gasteiger partial charge on any atom is 0.329 e. The van der Waals surface area contributed by atoms with Crippen LogP contribution in [0.1, 0.15) is 36.8 Å². The molecule has 1 N–H and O–H groups in total. The highest BCUT2D eigenvalue weighted by Crippen LogP contribution is 2.44. The van der Waals surface area contributed by atoms with Crippen molar-refractivity contribution in [1.82, 2.24) is 15.1 Å². The van der Waals surface area contributed by atoms with Gasteiger partial charge >= 0.3 is 6.03 Å². The van der Waals surface area contributed by atoms with Gasteiger partial charge in [-0.2, -0.15) is 0 Å². The van der Waals surface area contributed by atoms with Crippen LogP contribution in [0, 0.1) is 5.82 Å². The molecule has 3 saturated heterocycles. The Balaban J connectivity index is 1.21. The molecule has 38 heavy (non-hydrogen) atoms. The van der Waals surface area contributed by atoms with Crippen molar-refractivity contribution in [2.75, 3.05) is 25.1 Å². The first kappa shape index (κ1) is 24.9. The fourth-order valence-corrected chi connectivity index (χ4v) is 6.15. The number of carbonyl (C=O) groups excluding carboxylic acids is 3. The van der Waals surface area contributed by atoms with Crippen LogP contribution in [-0.4, -0.2) is 65.5 Å². The highest BCUT2D eigenvalue weighted by molar-refractivity contribution is 6.33. The van der Waals surface area contributed by atoms with Gasteiger partial charge in [-0.1, -0.05) is 23.7 Å². The molecule has 2 bridgehead atoms. The predicted molar refractivity (Wildman–Crippen MR) is 140 cm³/mol. The van der Waals surface area contributed by atoms with Crippen molar-refractivity contribution in [3.63, 3.8) is 0 Å². The molecule has 4 fully saturated rings. The lowest BCUT2D eigenvalue weighted by Gasteiger charge is -2.40. The second-order valence-electron chi connectivity index (χ2n) is 10.5. The van der Waals surface area contributed by atoms with E-state index >= 15 is 0 Å². The van der Waals surface area contributed by atoms with E-state index in [4.69, 9.17) is 16.3 Å². The third kappa shape index (κ3) is 4.33. The van der Waals surface area contributed by atoms with Crippen molar-refractivity contribution in [2.24, 2.45) is 0 Å². The molecule has 4 aliphatic rings. The molecular formula is C28H28ClFN4O4. The van der Waals surface area contributed by atoms with Crippen molar-refractivity contribution in [2.45, 2.75) is 49.9 Å². The predicted octanol–water partition coefficient (Wildman–Crippen LogP) is 3.97. The first-order valence-corrected chi connectivity index (χ1v) is 13.2. The van der Waals surface area contributed by atoms with Crippen molar-refractivity contribution in [1.29, 1.82) is 0 Å². The van der Waals surface area contributed by atoms with Crippen LogP contribution in [0.3, 0.4) is 0 Å². The van der Waals surface area contributed by atoms with Gasteiger partial charge in [-0.3, -0.25) is 14.5 Å². The Kier molecular flexibility index (Phi) is 6.15. The van der Waals surface area contributed by atoms with Gasteiger partial charge in [0.05, 0.1) is 17.8 Å². The standard InChI is InChI=1S/C28H28ClFN4O4/c1-38-24-12-18(23(13-22(24)29)34-26(36)28(10-11-28)31-27(34)37)4-9-25(35)33-20-7-8-21(33)16-32(15-20)14-17-2-5-19(30)6-3-17/h2-6,9,12-13,20-21H,7-8,10-11,14-16H2,1H3,(H,31,37)/b9-4+. The largest absolute Gasteiger partial charge is 0.495 e. The zero-order chi connectivity index (χ0) is 26.6. The Hall–Kier alpha value is -3.43. The summed E-state index contributed by atoms with van der Waals surface area (Å²) < 4.78 is 18.6. The average Bonchev–Trinajstić information content (AvgIpc) is 3.56. The Bertz CT molecular complexity index is 1330. The first-order valence-electron chi connectivity index (χ1n) is 12.8. The van der Waals surface area contributed by atoms with Crippen LogP contribution < -0.4 is 15.0 Å². The molecule has 2 unspecified atom stereocenters. The van der Waals surface area contributed by atoms with E-state index in [-0.39, 0.29) is 34.7 Å². The molecule has 4 amide bonds. The SMILES string of the molecule is COc1cc(/C=C/C(=O)N2C3CCC2CN(Cc2ccc(F)cc2)C3)c(N2C(=O)NC3(CC3)C2=O)cc1Cl. The number of nitrogens with zero attached hydrogens (tertiary/aromatic N) is 3. The van der Waals surface area contributed by atoms with E-state index in [2.05, 4.69) is 10.2 Å². The summed E-state index contributed by atoms with van der Waals surface area (Å²) in [4.78, 5) is 44.5. The second-order valence-corrected chi connectivity index (χ2v) is 10.9. The van der Waals surface area contributed by atoms with Crippen molar-refractivity contribution in [3.05, 3.63) is 64.4 Å². The van der Waals surface area contributed by atoms with E-state index in [1.165, 1.54) is 31.4 Å². The summed E-state index contributed by atoms with van der Waals surface area (Å²) in [5.41, 5.74) is 1.04. The smallest absolute Gasteiger partial charge is 0.329 e. The fourth-order valence-electron chi connectivity index (χ4n) is 5.92. The number of imide groups is 1. The highest BCUT2D eigenvalue weighted by atomic mass is 35.5. The maximum atomic E-state index is 13.4. The number of halogens is 2. The number of anilines is 1. The second kappa shape index (κ2) is 9.39. The lowest BCUT2D eigenvalue weighted by molar-refractivity contribution is -0.131. The molecule has 8 nitrogen and oxygen atoms in total. The number of fused-ring (bicyclic) bond motifs is 2. The summed E-state index contributed by atoms with van der Waals surface area (Å²) in [5, 5.41) is 3.04. The number of rotatable bonds is 6. The highest BCUT2D eigenvalue weighted by Gasteiger charge is 2.60. The molecule has 2 atom stereocenters. The van der Waals surface area contributed by atoms with Crippen LogP contribution in [0.2, 0.25) is 5.02 Å². The third-order valence-corrected chi connectivity index (χ3v) is 8.29. The number of hydrogen-bond acceptors (Lipinski definition) is 5. The van der Waals surface area contributed by atoms with Gasteiger partial charge in [0.1, 0.15) is 17.1 Å². The summed E-state index contributed by atoms with van der Waals surface area (Å²) in [6.45, 7) is 2.21. The van der Waals surface area contributed by atoms with Gasteiger partial charge in [-0.05, 0) is 61.6 Å². The molecule has 0 aromatic heterocycles. The fraction of sp³-hybridized carbons (Fsp3) is 0.393. The maximum absolute atomic E-state index is 13.4. The van der Waals surface area contributed by atoms with Crippen LogP contribution in [0.15, 0.2) is 42.5 Å². The zero-order valence-electron chi connectivity index (χ0n) is 21.0. The normalized spacial score (nSPS) is 24.0. The number of amides is 4. The lowest BCUT2D eigenvalue weighted by Crippen LogP contribution is -2.55. The number of piperazine rings is 1. The summed E-state index contributed by atoms with van der Waals surface area (Å²) in [7, 11) is 1.48. The molecule has 198 valence electrons. The first-order chi connectivity index (χ1) is 18.3. The van der Waals surface area contributed by atoms with Crippen LogP contribution in [-0.2, 0) is 16.1 Å². The van der Waals surface area contributed by atoms with Gasteiger partial charge in [0.15, 0.2) is 0 Å². The number of nitrogens with one attached hydrogen (secondary N) is 1. The Morgan fingerprint density at radius 1 is 1.16 bits per heavy atom. The van der Waals surface area contributed by atoms with Gasteiger partial charge in [0.2, 0.25) is 5.91 Å². The quantitative estimate of drug-likeness (QED) is 0.445. The number of likely N-dealkylation sites (tertiary alicyclic amines) is 1. The number of benzene rings is 2. The van der Waals surface area contributed by atoms with E-state index in [1.807, 2.05) is 4.90 Å². The van der Waals surface area contributed by atoms with Crippen molar-refractivity contribution in [3.8, 4) is 5.75 Å². The molecule has 6 rings (SSSR count). The molecule has 0 radical (unpaired) electrons. The molecule has 3 aliphatic heterocycles. The van der Waals surface area contributed by atoms with E-state index in [9.17, 15) is 18.8 Å². The Morgan fingerprint density at radius 2 is 1.84 bits per heavy atom. The van der Waals surface area contributed by atoms with Crippen molar-refractivity contribution >= 4 is 41.2 Å². The number of carbonyl (C=O) groups is 3. The van der Waals surface area contributed by atoms with Gasteiger partial charge < -0.3 is 15.0 Å². The zero-order valence-corrected chi connectivity index (χ0v) is 21.7. The van der Waals surface area contributed by atoms with Gasteiger partial charge in [-0.15, -0.1) is 0 Å². The van der Waals surface area contributed by atoms with Crippen LogP contribution in [0.5, 0.6) is 5.75 Å². The van der Waals surface area contributed by atoms with Crippen molar-refractivity contribution < 1.29 is 23.5 Å². The number of urea groups is 1. The third-order valence-electron chi connectivity index (χ3n) is 7.99. The molecule has 1 saturated carbocycles. The minimum absolute atomic E-state index is 0.0891. The van der Waals surface area contributed by atoms with Gasteiger partial charge in [-0.25, -0.2) is 14.1 Å². The van der Waals surface area contributed by atoms with E-state index in [0.29, 0.717) is 36.4 Å². The minimum Gasteiger partial charge on any atom is -0.495 e. The molecule has 1 spiro atoms. The minimum atomic E-state index is -0.812. The molecule has 2 aromatic carbocycles. The molecule has 2 aromatic rings. The average molecular weight is 539 g/mol. The van der Waals surface area contributed by atoms with Crippen LogP contribution in [0.25, 0.3) is 6.08 Å². The summed E-state index contributed by atoms with van der Waals surface area (Å²) >= 11 is 6.36. The number of methoxy groups -OCH3 is 1. The summed E-state index contributed by atoms with van der Waals surface area (Å²) in [6.07, 6.45) is 6.19. The topological polar surface area (TPSA) is 82.2 Å². The Labute approximate surface area is 225 Å². The molecular weight excluding hydrogens is 511 g/mol. The summed E-state index contributed by atoms with van der Waals surface area (Å²) in [5.74, 6) is -0.292. The molecule has 10 heteroatoms. The Morgan fingerprint density at radius 3 is 2.45 bits per heavy atom. The summed E-state index contributed by atoms with van der Waals surface area (Å²) in [6, 6.07) is 9.38. The van der Waals surface area contributed by atoms with Gasteiger partial charge in [0.25, 0.3) is 5.91 Å².